The number of carbonyl (C=O) groups is 1. The molecular weight excluding hydrogens is 361 g/mol. The van der Waals surface area contributed by atoms with Gasteiger partial charge in [-0.05, 0) is 48.4 Å². The van der Waals surface area contributed by atoms with Crippen LogP contribution in [0.3, 0.4) is 0 Å². The number of nitrogens with one attached hydrogen (secondary N) is 1. The Morgan fingerprint density at radius 3 is 2.45 bits per heavy atom. The van der Waals surface area contributed by atoms with Gasteiger partial charge < -0.3 is 5.32 Å². The smallest absolute Gasteiger partial charge is 0.251 e. The molecule has 0 aliphatic carbocycles. The van der Waals surface area contributed by atoms with Crippen LogP contribution < -0.4 is 5.32 Å². The van der Waals surface area contributed by atoms with E-state index in [0.717, 1.165) is 10.0 Å². The van der Waals surface area contributed by atoms with E-state index >= 15 is 0 Å². The minimum atomic E-state index is -0.0948. The van der Waals surface area contributed by atoms with Crippen LogP contribution in [0.25, 0.3) is 0 Å². The summed E-state index contributed by atoms with van der Waals surface area (Å²) in [5.41, 5.74) is 1.60. The van der Waals surface area contributed by atoms with Crippen molar-refractivity contribution in [1.82, 2.24) is 5.32 Å². The van der Waals surface area contributed by atoms with Gasteiger partial charge in [-0.25, -0.2) is 0 Å². The van der Waals surface area contributed by atoms with Gasteiger partial charge in [-0.3, -0.25) is 4.79 Å². The molecule has 0 fully saturated rings. The first-order valence-electron chi connectivity index (χ1n) is 6.04. The highest BCUT2D eigenvalue weighted by Gasteiger charge is 2.06. The lowest BCUT2D eigenvalue weighted by atomic mass is 10.1. The molecule has 0 heterocycles. The summed E-state index contributed by atoms with van der Waals surface area (Å²) < 4.78 is 0.946. The zero-order valence-electron chi connectivity index (χ0n) is 10.5. The number of hydrogen-bond donors (Lipinski definition) is 1. The third-order valence-electron chi connectivity index (χ3n) is 2.80. The van der Waals surface area contributed by atoms with Crippen molar-refractivity contribution in [3.8, 4) is 0 Å². The quantitative estimate of drug-likeness (QED) is 0.825. The number of halogens is 3. The van der Waals surface area contributed by atoms with Crippen molar-refractivity contribution >= 4 is 45.0 Å². The number of benzene rings is 2. The van der Waals surface area contributed by atoms with Crippen LogP contribution in [0.15, 0.2) is 46.9 Å². The molecule has 0 aliphatic heterocycles. The summed E-state index contributed by atoms with van der Waals surface area (Å²) in [7, 11) is 0. The van der Waals surface area contributed by atoms with Crippen LogP contribution in [-0.4, -0.2) is 12.5 Å². The Bertz CT molecular complexity index is 614. The Balaban J connectivity index is 1.89. The lowest BCUT2D eigenvalue weighted by Crippen LogP contribution is -2.25. The molecule has 0 saturated carbocycles. The van der Waals surface area contributed by atoms with E-state index in [9.17, 15) is 4.79 Å². The maximum atomic E-state index is 11.9. The average molecular weight is 373 g/mol. The van der Waals surface area contributed by atoms with Crippen LogP contribution in [0.5, 0.6) is 0 Å². The molecule has 5 heteroatoms. The van der Waals surface area contributed by atoms with Gasteiger partial charge >= 0.3 is 0 Å². The van der Waals surface area contributed by atoms with Crippen molar-refractivity contribution in [3.63, 3.8) is 0 Å². The predicted octanol–water partition coefficient (Wildman–Crippen LogP) is 4.73. The Morgan fingerprint density at radius 2 is 1.80 bits per heavy atom. The Morgan fingerprint density at radius 1 is 1.10 bits per heavy atom. The molecule has 0 saturated heterocycles. The van der Waals surface area contributed by atoms with Gasteiger partial charge in [0, 0.05) is 26.6 Å². The fourth-order valence-corrected chi connectivity index (χ4v) is 2.51. The summed E-state index contributed by atoms with van der Waals surface area (Å²) in [4.78, 5) is 11.9. The standard InChI is InChI=1S/C15H12BrCl2NO/c16-12-4-1-11(2-5-12)15(20)19-8-7-10-3-6-13(17)9-14(10)18/h1-6,9H,7-8H2,(H,19,20). The second-order valence-corrected chi connectivity index (χ2v) is 6.01. The summed E-state index contributed by atoms with van der Waals surface area (Å²) in [6.07, 6.45) is 0.665. The summed E-state index contributed by atoms with van der Waals surface area (Å²) in [6.45, 7) is 0.524. The van der Waals surface area contributed by atoms with Gasteiger partial charge in [0.25, 0.3) is 5.91 Å². The van der Waals surface area contributed by atoms with Gasteiger partial charge in [0.1, 0.15) is 0 Å². The molecule has 0 bridgehead atoms. The zero-order valence-corrected chi connectivity index (χ0v) is 13.6. The highest BCUT2D eigenvalue weighted by molar-refractivity contribution is 9.10. The highest BCUT2D eigenvalue weighted by atomic mass is 79.9. The second kappa shape index (κ2) is 7.11. The Kier molecular flexibility index (Phi) is 5.46. The zero-order chi connectivity index (χ0) is 14.5. The molecule has 2 nitrogen and oxygen atoms in total. The minimum absolute atomic E-state index is 0.0948. The highest BCUT2D eigenvalue weighted by Crippen LogP contribution is 2.21. The van der Waals surface area contributed by atoms with E-state index in [1.807, 2.05) is 18.2 Å². The van der Waals surface area contributed by atoms with Gasteiger partial charge in [-0.15, -0.1) is 0 Å². The van der Waals surface area contributed by atoms with Crippen LogP contribution in [-0.2, 0) is 6.42 Å². The van der Waals surface area contributed by atoms with Crippen molar-refractivity contribution in [3.05, 3.63) is 68.1 Å². The molecule has 0 atom stereocenters. The first kappa shape index (κ1) is 15.4. The van der Waals surface area contributed by atoms with Gasteiger partial charge in [-0.2, -0.15) is 0 Å². The van der Waals surface area contributed by atoms with Crippen molar-refractivity contribution in [2.75, 3.05) is 6.54 Å². The van der Waals surface area contributed by atoms with Crippen LogP contribution in [0.4, 0.5) is 0 Å². The summed E-state index contributed by atoms with van der Waals surface area (Å²) in [5, 5.41) is 4.09. The molecule has 1 amide bonds. The van der Waals surface area contributed by atoms with Crippen molar-refractivity contribution in [1.29, 1.82) is 0 Å². The maximum Gasteiger partial charge on any atom is 0.251 e. The van der Waals surface area contributed by atoms with Gasteiger partial charge in [-0.1, -0.05) is 45.2 Å². The molecule has 0 unspecified atom stereocenters. The average Bonchev–Trinajstić information content (AvgIpc) is 2.42. The largest absolute Gasteiger partial charge is 0.352 e. The fourth-order valence-electron chi connectivity index (χ4n) is 1.74. The minimum Gasteiger partial charge on any atom is -0.352 e. The van der Waals surface area contributed by atoms with E-state index in [1.165, 1.54) is 0 Å². The second-order valence-electron chi connectivity index (χ2n) is 4.25. The predicted molar refractivity (Wildman–Crippen MR) is 86.6 cm³/mol. The SMILES string of the molecule is O=C(NCCc1ccc(Cl)cc1Cl)c1ccc(Br)cc1. The molecule has 0 radical (unpaired) electrons. The van der Waals surface area contributed by atoms with Crippen LogP contribution >= 0.6 is 39.1 Å². The third kappa shape index (κ3) is 4.23. The van der Waals surface area contributed by atoms with E-state index in [1.54, 1.807) is 24.3 Å². The fraction of sp³-hybridized carbons (Fsp3) is 0.133. The van der Waals surface area contributed by atoms with Crippen LogP contribution in [0.2, 0.25) is 10.0 Å². The van der Waals surface area contributed by atoms with Gasteiger partial charge in [0.2, 0.25) is 0 Å². The molecule has 2 aromatic carbocycles. The molecule has 0 aromatic heterocycles. The van der Waals surface area contributed by atoms with E-state index in [2.05, 4.69) is 21.2 Å². The van der Waals surface area contributed by atoms with Gasteiger partial charge in [0.15, 0.2) is 0 Å². The van der Waals surface area contributed by atoms with Crippen LogP contribution in [0, 0.1) is 0 Å². The summed E-state index contributed by atoms with van der Waals surface area (Å²) in [6, 6.07) is 12.6. The van der Waals surface area contributed by atoms with Crippen LogP contribution in [0.1, 0.15) is 15.9 Å². The van der Waals surface area contributed by atoms with Crippen molar-refractivity contribution < 1.29 is 4.79 Å². The first-order valence-corrected chi connectivity index (χ1v) is 7.59. The molecule has 2 aromatic rings. The lowest BCUT2D eigenvalue weighted by Gasteiger charge is -2.07. The monoisotopic (exact) mass is 371 g/mol. The summed E-state index contributed by atoms with van der Waals surface area (Å²) in [5.74, 6) is -0.0948. The third-order valence-corrected chi connectivity index (χ3v) is 3.92. The molecular formula is C15H12BrCl2NO. The van der Waals surface area contributed by atoms with E-state index in [-0.39, 0.29) is 5.91 Å². The first-order chi connectivity index (χ1) is 9.56. The van der Waals surface area contributed by atoms with Crippen molar-refractivity contribution in [2.45, 2.75) is 6.42 Å². The number of hydrogen-bond acceptors (Lipinski definition) is 1. The van der Waals surface area contributed by atoms with E-state index in [0.29, 0.717) is 28.6 Å². The lowest BCUT2D eigenvalue weighted by molar-refractivity contribution is 0.0954. The number of amides is 1. The number of rotatable bonds is 4. The van der Waals surface area contributed by atoms with E-state index in [4.69, 9.17) is 23.2 Å². The summed E-state index contributed by atoms with van der Waals surface area (Å²) >= 11 is 15.2. The normalized spacial score (nSPS) is 10.3. The van der Waals surface area contributed by atoms with Crippen molar-refractivity contribution in [2.24, 2.45) is 0 Å². The Labute approximate surface area is 136 Å². The Hall–Kier alpha value is -1.03. The molecule has 104 valence electrons. The topological polar surface area (TPSA) is 29.1 Å². The van der Waals surface area contributed by atoms with E-state index < -0.39 is 0 Å². The molecule has 0 aliphatic rings. The maximum absolute atomic E-state index is 11.9. The van der Waals surface area contributed by atoms with Gasteiger partial charge in [0.05, 0.1) is 0 Å². The number of carbonyl (C=O) groups excluding carboxylic acids is 1. The molecule has 1 N–H and O–H groups in total. The molecule has 0 spiro atoms. The molecule has 2 rings (SSSR count). The molecule has 20 heavy (non-hydrogen) atoms.